The first-order chi connectivity index (χ1) is 17.7. The number of ether oxygens (including phenoxy) is 2. The van der Waals surface area contributed by atoms with Crippen molar-refractivity contribution >= 4 is 28.9 Å². The Balaban J connectivity index is 1.41. The largest absolute Gasteiger partial charge is 0.485 e. The van der Waals surface area contributed by atoms with Gasteiger partial charge in [0, 0.05) is 17.8 Å². The molecule has 0 saturated carbocycles. The first-order valence-electron chi connectivity index (χ1n) is 11.4. The Morgan fingerprint density at radius 2 is 1.76 bits per heavy atom. The van der Waals surface area contributed by atoms with E-state index in [1.807, 2.05) is 0 Å². The van der Waals surface area contributed by atoms with Gasteiger partial charge in [0.25, 0.3) is 0 Å². The predicted molar refractivity (Wildman–Crippen MR) is 134 cm³/mol. The number of hydrogen-bond donors (Lipinski definition) is 1. The number of ketones is 1. The Morgan fingerprint density at radius 1 is 1.05 bits per heavy atom. The molecule has 0 unspecified atom stereocenters. The van der Waals surface area contributed by atoms with Gasteiger partial charge in [-0.15, -0.1) is 0 Å². The van der Waals surface area contributed by atoms with Gasteiger partial charge in [-0.2, -0.15) is 0 Å². The molecule has 1 N–H and O–H groups in total. The third kappa shape index (κ3) is 6.31. The summed E-state index contributed by atoms with van der Waals surface area (Å²) in [4.78, 5) is 29.5. The van der Waals surface area contributed by atoms with E-state index in [1.165, 1.54) is 6.07 Å². The van der Waals surface area contributed by atoms with Gasteiger partial charge < -0.3 is 14.8 Å². The van der Waals surface area contributed by atoms with Gasteiger partial charge in [-0.25, -0.2) is 13.8 Å². The Morgan fingerprint density at radius 3 is 2.46 bits per heavy atom. The minimum absolute atomic E-state index is 0.204. The average molecular weight is 528 g/mol. The van der Waals surface area contributed by atoms with Crippen molar-refractivity contribution in [2.24, 2.45) is 0 Å². The number of rotatable bonds is 10. The summed E-state index contributed by atoms with van der Waals surface area (Å²) >= 11 is 5.85. The van der Waals surface area contributed by atoms with Crippen LogP contribution in [0.25, 0.3) is 5.65 Å². The van der Waals surface area contributed by atoms with E-state index in [1.54, 1.807) is 54.8 Å². The number of nitrogens with zero attached hydrogens (tertiary/aromatic N) is 2. The van der Waals surface area contributed by atoms with Crippen LogP contribution in [-0.4, -0.2) is 34.3 Å². The zero-order valence-corrected chi connectivity index (χ0v) is 20.9. The van der Waals surface area contributed by atoms with Gasteiger partial charge >= 0.3 is 0 Å². The van der Waals surface area contributed by atoms with Crippen LogP contribution in [-0.2, 0) is 22.7 Å². The van der Waals surface area contributed by atoms with Crippen molar-refractivity contribution in [2.75, 3.05) is 13.2 Å². The minimum atomic E-state index is -0.714. The second kappa shape index (κ2) is 11.5. The van der Waals surface area contributed by atoms with Crippen LogP contribution in [0.2, 0.25) is 5.02 Å². The third-order valence-electron chi connectivity index (χ3n) is 5.56. The average Bonchev–Trinajstić information content (AvgIpc) is 3.19. The molecule has 0 atom stereocenters. The fourth-order valence-corrected chi connectivity index (χ4v) is 3.90. The molecule has 0 fully saturated rings. The van der Waals surface area contributed by atoms with Gasteiger partial charge in [0.15, 0.2) is 11.4 Å². The van der Waals surface area contributed by atoms with Crippen LogP contribution in [0.1, 0.15) is 32.9 Å². The molecular formula is C27H24ClF2N3O4. The number of hydrogen-bond acceptors (Lipinski definition) is 5. The summed E-state index contributed by atoms with van der Waals surface area (Å²) in [6.07, 6.45) is 1.71. The van der Waals surface area contributed by atoms with Crippen LogP contribution in [0.15, 0.2) is 54.7 Å². The highest BCUT2D eigenvalue weighted by molar-refractivity contribution is 6.30. The fourth-order valence-electron chi connectivity index (χ4n) is 3.78. The van der Waals surface area contributed by atoms with E-state index in [0.29, 0.717) is 22.9 Å². The number of amides is 1. The van der Waals surface area contributed by atoms with Gasteiger partial charge in [-0.05, 0) is 55.3 Å². The van der Waals surface area contributed by atoms with Crippen LogP contribution in [0, 0.1) is 25.5 Å². The van der Waals surface area contributed by atoms with Crippen molar-refractivity contribution in [3.8, 4) is 5.75 Å². The predicted octanol–water partition coefficient (Wildman–Crippen LogP) is 4.98. The monoisotopic (exact) mass is 527 g/mol. The van der Waals surface area contributed by atoms with E-state index in [9.17, 15) is 18.4 Å². The molecule has 2 aromatic heterocycles. The zero-order chi connectivity index (χ0) is 26.5. The standard InChI is InChI=1S/C27H24ClF2N3O4/c1-16-10-24(37-13-20-21(29)4-3-5-22(20)30)27-32-17(2)26(33(27)12-16)23(34)14-36-15-25(35)31-11-18-6-8-19(28)9-7-18/h3-10,12H,11,13-15H2,1-2H3,(H,31,35). The van der Waals surface area contributed by atoms with Crippen LogP contribution >= 0.6 is 11.6 Å². The molecule has 7 nitrogen and oxygen atoms in total. The van der Waals surface area contributed by atoms with Crippen LogP contribution in [0.4, 0.5) is 8.78 Å². The maximum absolute atomic E-state index is 14.0. The molecule has 2 heterocycles. The van der Waals surface area contributed by atoms with Crippen molar-refractivity contribution in [1.29, 1.82) is 0 Å². The molecule has 10 heteroatoms. The number of carbonyl (C=O) groups is 2. The van der Waals surface area contributed by atoms with Crippen LogP contribution in [0.3, 0.4) is 0 Å². The summed E-state index contributed by atoms with van der Waals surface area (Å²) in [6.45, 7) is 2.78. The molecule has 4 rings (SSSR count). The molecule has 1 amide bonds. The van der Waals surface area contributed by atoms with E-state index in [2.05, 4.69) is 10.3 Å². The van der Waals surface area contributed by atoms with E-state index >= 15 is 0 Å². The second-order valence-corrected chi connectivity index (χ2v) is 8.87. The Labute approximate surface area is 217 Å². The van der Waals surface area contributed by atoms with Gasteiger partial charge in [-0.3, -0.25) is 14.0 Å². The quantitative estimate of drug-likeness (QED) is 0.294. The first kappa shape index (κ1) is 26.2. The van der Waals surface area contributed by atoms with Gasteiger partial charge in [0.05, 0.1) is 11.3 Å². The van der Waals surface area contributed by atoms with Crippen LogP contribution < -0.4 is 10.1 Å². The molecule has 37 heavy (non-hydrogen) atoms. The Hall–Kier alpha value is -3.82. The molecule has 2 aromatic carbocycles. The molecule has 0 bridgehead atoms. The first-order valence-corrected chi connectivity index (χ1v) is 11.8. The third-order valence-corrected chi connectivity index (χ3v) is 5.82. The summed E-state index contributed by atoms with van der Waals surface area (Å²) in [5, 5.41) is 3.32. The number of pyridine rings is 1. The number of nitrogens with one attached hydrogen (secondary N) is 1. The van der Waals surface area contributed by atoms with E-state index in [-0.39, 0.29) is 48.5 Å². The smallest absolute Gasteiger partial charge is 0.246 e. The molecule has 0 radical (unpaired) electrons. The number of aromatic nitrogens is 2. The zero-order valence-electron chi connectivity index (χ0n) is 20.2. The molecule has 0 aliphatic carbocycles. The fraction of sp³-hybridized carbons (Fsp3) is 0.222. The number of aryl methyl sites for hydroxylation is 2. The molecule has 0 aliphatic rings. The topological polar surface area (TPSA) is 81.9 Å². The molecule has 0 spiro atoms. The number of imidazole rings is 1. The summed E-state index contributed by atoms with van der Waals surface area (Å²) in [5.74, 6) is -1.91. The van der Waals surface area contributed by atoms with E-state index < -0.39 is 11.6 Å². The number of Topliss-reactive ketones (excluding diaryl/α,β-unsaturated/α-hetero) is 1. The van der Waals surface area contributed by atoms with E-state index in [4.69, 9.17) is 21.1 Å². The summed E-state index contributed by atoms with van der Waals surface area (Å²) < 4.78 is 40.6. The van der Waals surface area contributed by atoms with Crippen molar-refractivity contribution in [2.45, 2.75) is 27.0 Å². The highest BCUT2D eigenvalue weighted by Gasteiger charge is 2.20. The lowest BCUT2D eigenvalue weighted by Gasteiger charge is -2.11. The maximum Gasteiger partial charge on any atom is 0.246 e. The summed E-state index contributed by atoms with van der Waals surface area (Å²) in [6, 6.07) is 12.3. The van der Waals surface area contributed by atoms with Crippen molar-refractivity contribution in [3.05, 3.63) is 99.5 Å². The highest BCUT2D eigenvalue weighted by atomic mass is 35.5. The number of benzene rings is 2. The lowest BCUT2D eigenvalue weighted by atomic mass is 10.2. The lowest BCUT2D eigenvalue weighted by Crippen LogP contribution is -2.28. The molecule has 0 aliphatic heterocycles. The summed E-state index contributed by atoms with van der Waals surface area (Å²) in [5.41, 5.74) is 2.43. The van der Waals surface area contributed by atoms with Crippen molar-refractivity contribution in [1.82, 2.24) is 14.7 Å². The number of halogens is 3. The second-order valence-electron chi connectivity index (χ2n) is 8.43. The highest BCUT2D eigenvalue weighted by Crippen LogP contribution is 2.26. The Bertz CT molecular complexity index is 1430. The molecule has 4 aromatic rings. The lowest BCUT2D eigenvalue weighted by molar-refractivity contribution is -0.125. The molecule has 192 valence electrons. The van der Waals surface area contributed by atoms with Gasteiger partial charge in [0.2, 0.25) is 11.7 Å². The molecular weight excluding hydrogens is 504 g/mol. The maximum atomic E-state index is 14.0. The number of fused-ring (bicyclic) bond motifs is 1. The van der Waals surface area contributed by atoms with Gasteiger partial charge in [0.1, 0.15) is 37.1 Å². The Kier molecular flexibility index (Phi) is 8.15. The minimum Gasteiger partial charge on any atom is -0.485 e. The SMILES string of the molecule is Cc1cc(OCc2c(F)cccc2F)c2nc(C)c(C(=O)COCC(=O)NCc3ccc(Cl)cc3)n2c1. The summed E-state index contributed by atoms with van der Waals surface area (Å²) in [7, 11) is 0. The number of carbonyl (C=O) groups excluding carboxylic acids is 2. The normalized spacial score (nSPS) is 11.1. The van der Waals surface area contributed by atoms with Crippen molar-refractivity contribution in [3.63, 3.8) is 0 Å². The van der Waals surface area contributed by atoms with Crippen LogP contribution in [0.5, 0.6) is 5.75 Å². The molecule has 0 saturated heterocycles. The van der Waals surface area contributed by atoms with Crippen molar-refractivity contribution < 1.29 is 27.8 Å². The van der Waals surface area contributed by atoms with Gasteiger partial charge in [-0.1, -0.05) is 29.8 Å². The van der Waals surface area contributed by atoms with E-state index in [0.717, 1.165) is 23.3 Å².